The smallest absolute Gasteiger partial charge is 0.416 e. The predicted octanol–water partition coefficient (Wildman–Crippen LogP) is 6.52. The first kappa shape index (κ1) is 18.4. The van der Waals surface area contributed by atoms with Gasteiger partial charge >= 0.3 is 6.18 Å². The summed E-state index contributed by atoms with van der Waals surface area (Å²) in [5.74, 6) is -0.192. The van der Waals surface area contributed by atoms with Crippen molar-refractivity contribution in [1.82, 2.24) is 0 Å². The molecule has 3 nitrogen and oxygen atoms in total. The lowest BCUT2D eigenvalue weighted by atomic mass is 10.2. The van der Waals surface area contributed by atoms with Crippen LogP contribution in [0.25, 0.3) is 11.3 Å². The molecule has 2 aromatic carbocycles. The van der Waals surface area contributed by atoms with Gasteiger partial charge in [-0.2, -0.15) is 13.2 Å². The molecule has 0 saturated carbocycles. The fourth-order valence-corrected chi connectivity index (χ4v) is 2.56. The first-order valence-electron chi connectivity index (χ1n) is 7.28. The fraction of sp³-hybridized carbons (Fsp3) is 0.0556. The average molecular weight is 400 g/mol. The number of hydrogen-bond donors (Lipinski definition) is 1. The first-order valence-corrected chi connectivity index (χ1v) is 8.03. The standard InChI is InChI=1S/C18H10Cl2F3NO2/c19-12-4-1-10(2-5-12)15-7-8-16(26-15)17(25)24-14-6-3-11(9-13(14)20)18(21,22)23/h1-9H,(H,24,25). The second-order valence-corrected chi connectivity index (χ2v) is 6.16. The summed E-state index contributed by atoms with van der Waals surface area (Å²) in [6.07, 6.45) is -4.51. The van der Waals surface area contributed by atoms with Crippen LogP contribution in [-0.4, -0.2) is 5.91 Å². The number of carbonyl (C=O) groups excluding carboxylic acids is 1. The number of anilines is 1. The maximum atomic E-state index is 12.6. The van der Waals surface area contributed by atoms with Crippen molar-refractivity contribution in [3.05, 3.63) is 76.0 Å². The second-order valence-electron chi connectivity index (χ2n) is 5.32. The lowest BCUT2D eigenvalue weighted by Crippen LogP contribution is -2.12. The number of carbonyl (C=O) groups is 1. The molecular formula is C18H10Cl2F3NO2. The largest absolute Gasteiger partial charge is 0.451 e. The van der Waals surface area contributed by atoms with E-state index in [0.29, 0.717) is 10.8 Å². The summed E-state index contributed by atoms with van der Waals surface area (Å²) in [5.41, 5.74) is -0.126. The Morgan fingerprint density at radius 1 is 0.962 bits per heavy atom. The third-order valence-corrected chi connectivity index (χ3v) is 4.07. The molecule has 0 unspecified atom stereocenters. The Balaban J connectivity index is 1.78. The first-order chi connectivity index (χ1) is 12.2. The van der Waals surface area contributed by atoms with E-state index in [4.69, 9.17) is 27.6 Å². The van der Waals surface area contributed by atoms with Gasteiger partial charge in [0.1, 0.15) is 5.76 Å². The van der Waals surface area contributed by atoms with Crippen molar-refractivity contribution in [2.75, 3.05) is 5.32 Å². The van der Waals surface area contributed by atoms with Gasteiger partial charge in [-0.25, -0.2) is 0 Å². The van der Waals surface area contributed by atoms with E-state index in [0.717, 1.165) is 23.8 Å². The molecule has 3 aromatic rings. The molecule has 1 heterocycles. The summed E-state index contributed by atoms with van der Waals surface area (Å²) >= 11 is 11.6. The highest BCUT2D eigenvalue weighted by atomic mass is 35.5. The molecule has 3 rings (SSSR count). The molecule has 1 amide bonds. The molecule has 1 N–H and O–H groups in total. The molecule has 0 atom stereocenters. The van der Waals surface area contributed by atoms with E-state index < -0.39 is 17.6 Å². The summed E-state index contributed by atoms with van der Waals surface area (Å²) in [6.45, 7) is 0. The van der Waals surface area contributed by atoms with Gasteiger partial charge in [-0.1, -0.05) is 23.2 Å². The van der Waals surface area contributed by atoms with Gasteiger partial charge in [-0.05, 0) is 54.6 Å². The van der Waals surface area contributed by atoms with Crippen molar-refractivity contribution in [3.8, 4) is 11.3 Å². The number of benzene rings is 2. The van der Waals surface area contributed by atoms with Gasteiger partial charge in [0.25, 0.3) is 5.91 Å². The summed E-state index contributed by atoms with van der Waals surface area (Å²) in [7, 11) is 0. The Labute approximate surface area is 156 Å². The van der Waals surface area contributed by atoms with Gasteiger partial charge in [0, 0.05) is 10.6 Å². The molecule has 0 aliphatic carbocycles. The van der Waals surface area contributed by atoms with E-state index in [1.54, 1.807) is 30.3 Å². The monoisotopic (exact) mass is 399 g/mol. The molecule has 0 fully saturated rings. The quantitative estimate of drug-likeness (QED) is 0.544. The number of furan rings is 1. The summed E-state index contributed by atoms with van der Waals surface area (Å²) < 4.78 is 43.4. The lowest BCUT2D eigenvalue weighted by Gasteiger charge is -2.10. The fourth-order valence-electron chi connectivity index (χ4n) is 2.21. The van der Waals surface area contributed by atoms with Gasteiger partial charge in [-0.15, -0.1) is 0 Å². The summed E-state index contributed by atoms with van der Waals surface area (Å²) in [4.78, 5) is 12.2. The van der Waals surface area contributed by atoms with Crippen LogP contribution < -0.4 is 5.32 Å². The number of halogens is 5. The Morgan fingerprint density at radius 2 is 1.65 bits per heavy atom. The third kappa shape index (κ3) is 4.03. The molecular weight excluding hydrogens is 390 g/mol. The number of hydrogen-bond acceptors (Lipinski definition) is 2. The van der Waals surface area contributed by atoms with Gasteiger partial charge in [0.2, 0.25) is 0 Å². The predicted molar refractivity (Wildman–Crippen MR) is 93.6 cm³/mol. The van der Waals surface area contributed by atoms with Gasteiger partial charge in [-0.3, -0.25) is 4.79 Å². The highest BCUT2D eigenvalue weighted by Crippen LogP contribution is 2.34. The number of amides is 1. The van der Waals surface area contributed by atoms with Crippen LogP contribution in [0.5, 0.6) is 0 Å². The van der Waals surface area contributed by atoms with Crippen LogP contribution in [0.1, 0.15) is 16.1 Å². The zero-order chi connectivity index (χ0) is 18.9. The molecule has 0 bridgehead atoms. The second kappa shape index (κ2) is 7.05. The molecule has 1 aromatic heterocycles. The summed E-state index contributed by atoms with van der Waals surface area (Å²) in [6, 6.07) is 12.6. The van der Waals surface area contributed by atoms with Crippen molar-refractivity contribution in [2.45, 2.75) is 6.18 Å². The summed E-state index contributed by atoms with van der Waals surface area (Å²) in [5, 5.41) is 2.77. The van der Waals surface area contributed by atoms with E-state index in [9.17, 15) is 18.0 Å². The van der Waals surface area contributed by atoms with Crippen LogP contribution in [-0.2, 0) is 6.18 Å². The molecule has 0 aliphatic heterocycles. The molecule has 8 heteroatoms. The number of nitrogens with one attached hydrogen (secondary N) is 1. The van der Waals surface area contributed by atoms with Gasteiger partial charge < -0.3 is 9.73 Å². The maximum absolute atomic E-state index is 12.6. The SMILES string of the molecule is O=C(Nc1ccc(C(F)(F)F)cc1Cl)c1ccc(-c2ccc(Cl)cc2)o1. The zero-order valence-corrected chi connectivity index (χ0v) is 14.4. The maximum Gasteiger partial charge on any atom is 0.416 e. The van der Waals surface area contributed by atoms with Crippen LogP contribution >= 0.6 is 23.2 Å². The van der Waals surface area contributed by atoms with Crippen molar-refractivity contribution < 1.29 is 22.4 Å². The minimum absolute atomic E-state index is 0.00841. The van der Waals surface area contributed by atoms with Crippen molar-refractivity contribution in [1.29, 1.82) is 0 Å². The van der Waals surface area contributed by atoms with E-state index >= 15 is 0 Å². The average Bonchev–Trinajstić information content (AvgIpc) is 3.06. The minimum Gasteiger partial charge on any atom is -0.451 e. The Kier molecular flexibility index (Phi) is 4.98. The number of rotatable bonds is 3. The Morgan fingerprint density at radius 3 is 2.27 bits per heavy atom. The zero-order valence-electron chi connectivity index (χ0n) is 12.9. The van der Waals surface area contributed by atoms with Crippen molar-refractivity contribution >= 4 is 34.8 Å². The Bertz CT molecular complexity index is 950. The molecule has 0 aliphatic rings. The van der Waals surface area contributed by atoms with E-state index in [1.165, 1.54) is 6.07 Å². The van der Waals surface area contributed by atoms with Crippen LogP contribution in [0.3, 0.4) is 0 Å². The molecule has 0 saturated heterocycles. The van der Waals surface area contributed by atoms with Crippen LogP contribution in [0.4, 0.5) is 18.9 Å². The van der Waals surface area contributed by atoms with Gasteiger partial charge in [0.05, 0.1) is 16.3 Å². The van der Waals surface area contributed by atoms with Crippen molar-refractivity contribution in [3.63, 3.8) is 0 Å². The lowest BCUT2D eigenvalue weighted by molar-refractivity contribution is -0.137. The molecule has 134 valence electrons. The van der Waals surface area contributed by atoms with Crippen molar-refractivity contribution in [2.24, 2.45) is 0 Å². The molecule has 0 spiro atoms. The van der Waals surface area contributed by atoms with E-state index in [2.05, 4.69) is 5.32 Å². The van der Waals surface area contributed by atoms with Crippen LogP contribution in [0.2, 0.25) is 10.0 Å². The normalized spacial score (nSPS) is 11.4. The molecule has 0 radical (unpaired) electrons. The van der Waals surface area contributed by atoms with E-state index in [1.807, 2.05) is 0 Å². The van der Waals surface area contributed by atoms with Crippen LogP contribution in [0, 0.1) is 0 Å². The minimum atomic E-state index is -4.51. The van der Waals surface area contributed by atoms with Gasteiger partial charge in [0.15, 0.2) is 5.76 Å². The number of alkyl halides is 3. The Hall–Kier alpha value is -2.44. The molecule has 26 heavy (non-hydrogen) atoms. The third-order valence-electron chi connectivity index (χ3n) is 3.50. The van der Waals surface area contributed by atoms with E-state index in [-0.39, 0.29) is 16.5 Å². The topological polar surface area (TPSA) is 42.2 Å². The van der Waals surface area contributed by atoms with Crippen LogP contribution in [0.15, 0.2) is 59.0 Å². The highest BCUT2D eigenvalue weighted by molar-refractivity contribution is 6.34. The highest BCUT2D eigenvalue weighted by Gasteiger charge is 2.31.